The minimum atomic E-state index is -0.216. The first kappa shape index (κ1) is 15.8. The first-order chi connectivity index (χ1) is 8.74. The highest BCUT2D eigenvalue weighted by molar-refractivity contribution is 5.86. The number of hydrogen-bond donors (Lipinski definition) is 3. The number of carbonyl (C=O) groups is 1. The number of nitrogens with one attached hydrogen (secondary N) is 3. The summed E-state index contributed by atoms with van der Waals surface area (Å²) in [5.41, 5.74) is -0.0439. The number of rotatable bonds is 4. The SMILES string of the molecule is CN=C(NCC(=O)NC(C)(C)C)NCC1(C)COC1. The van der Waals surface area contributed by atoms with Gasteiger partial charge >= 0.3 is 0 Å². The molecular formula is C13H26N4O2. The van der Waals surface area contributed by atoms with E-state index in [1.54, 1.807) is 7.05 Å². The fraction of sp³-hybridized carbons (Fsp3) is 0.846. The molecule has 110 valence electrons. The van der Waals surface area contributed by atoms with E-state index < -0.39 is 0 Å². The lowest BCUT2D eigenvalue weighted by Gasteiger charge is -2.38. The van der Waals surface area contributed by atoms with Crippen LogP contribution in [0.25, 0.3) is 0 Å². The molecule has 1 aliphatic rings. The van der Waals surface area contributed by atoms with Crippen molar-refractivity contribution in [2.24, 2.45) is 10.4 Å². The third kappa shape index (κ3) is 5.92. The molecular weight excluding hydrogens is 244 g/mol. The van der Waals surface area contributed by atoms with E-state index in [9.17, 15) is 4.79 Å². The van der Waals surface area contributed by atoms with Crippen molar-refractivity contribution in [2.75, 3.05) is 33.4 Å². The second-order valence-corrected chi connectivity index (χ2v) is 6.38. The van der Waals surface area contributed by atoms with Crippen molar-refractivity contribution in [1.29, 1.82) is 0 Å². The fourth-order valence-electron chi connectivity index (χ4n) is 1.70. The Balaban J connectivity index is 2.27. The summed E-state index contributed by atoms with van der Waals surface area (Å²) in [6.45, 7) is 10.5. The highest BCUT2D eigenvalue weighted by Gasteiger charge is 2.33. The Morgan fingerprint density at radius 2 is 1.95 bits per heavy atom. The number of nitrogens with zero attached hydrogens (tertiary/aromatic N) is 1. The van der Waals surface area contributed by atoms with E-state index >= 15 is 0 Å². The predicted molar refractivity (Wildman–Crippen MR) is 76.2 cm³/mol. The smallest absolute Gasteiger partial charge is 0.239 e. The largest absolute Gasteiger partial charge is 0.380 e. The molecule has 3 N–H and O–H groups in total. The number of carbonyl (C=O) groups excluding carboxylic acids is 1. The monoisotopic (exact) mass is 270 g/mol. The van der Waals surface area contributed by atoms with Crippen LogP contribution < -0.4 is 16.0 Å². The normalized spacial score (nSPS) is 18.5. The lowest BCUT2D eigenvalue weighted by atomic mass is 9.89. The molecule has 0 radical (unpaired) electrons. The fourth-order valence-corrected chi connectivity index (χ4v) is 1.70. The summed E-state index contributed by atoms with van der Waals surface area (Å²) in [5, 5.41) is 9.10. The first-order valence-electron chi connectivity index (χ1n) is 6.57. The van der Waals surface area contributed by atoms with E-state index in [1.807, 2.05) is 20.8 Å². The molecule has 0 spiro atoms. The van der Waals surface area contributed by atoms with Crippen LogP contribution >= 0.6 is 0 Å². The second-order valence-electron chi connectivity index (χ2n) is 6.38. The van der Waals surface area contributed by atoms with Crippen LogP contribution in [-0.4, -0.2) is 50.8 Å². The molecule has 19 heavy (non-hydrogen) atoms. The van der Waals surface area contributed by atoms with Gasteiger partial charge in [0.25, 0.3) is 0 Å². The van der Waals surface area contributed by atoms with Crippen LogP contribution in [0.4, 0.5) is 0 Å². The quantitative estimate of drug-likeness (QED) is 0.500. The summed E-state index contributed by atoms with van der Waals surface area (Å²) >= 11 is 0. The summed E-state index contributed by atoms with van der Waals surface area (Å²) in [6, 6.07) is 0. The number of guanidine groups is 1. The van der Waals surface area contributed by atoms with Crippen molar-refractivity contribution in [1.82, 2.24) is 16.0 Å². The van der Waals surface area contributed by atoms with Gasteiger partial charge in [0.1, 0.15) is 0 Å². The van der Waals surface area contributed by atoms with Crippen molar-refractivity contribution < 1.29 is 9.53 Å². The first-order valence-corrected chi connectivity index (χ1v) is 6.57. The lowest BCUT2D eigenvalue weighted by molar-refractivity contribution is -0.121. The summed E-state index contributed by atoms with van der Waals surface area (Å²) in [7, 11) is 1.69. The van der Waals surface area contributed by atoms with Gasteiger partial charge in [-0.15, -0.1) is 0 Å². The second kappa shape index (κ2) is 6.23. The van der Waals surface area contributed by atoms with Crippen LogP contribution in [0.3, 0.4) is 0 Å². The predicted octanol–water partition coefficient (Wildman–Crippen LogP) is 0.103. The van der Waals surface area contributed by atoms with Gasteiger partial charge in [-0.3, -0.25) is 9.79 Å². The van der Waals surface area contributed by atoms with Crippen LogP contribution in [0.1, 0.15) is 27.7 Å². The Bertz CT molecular complexity index is 343. The molecule has 1 rings (SSSR count). The molecule has 6 heteroatoms. The Labute approximate surface area is 115 Å². The van der Waals surface area contributed by atoms with Crippen LogP contribution in [0.2, 0.25) is 0 Å². The molecule has 0 bridgehead atoms. The Kier molecular flexibility index (Phi) is 5.17. The van der Waals surface area contributed by atoms with E-state index in [2.05, 4.69) is 27.9 Å². The minimum absolute atomic E-state index is 0.0476. The average molecular weight is 270 g/mol. The van der Waals surface area contributed by atoms with E-state index in [0.717, 1.165) is 19.8 Å². The van der Waals surface area contributed by atoms with Crippen molar-refractivity contribution in [3.05, 3.63) is 0 Å². The molecule has 1 saturated heterocycles. The number of amides is 1. The highest BCUT2D eigenvalue weighted by Crippen LogP contribution is 2.24. The number of aliphatic imine (C=N–C) groups is 1. The van der Waals surface area contributed by atoms with Gasteiger partial charge in [-0.2, -0.15) is 0 Å². The van der Waals surface area contributed by atoms with E-state index in [1.165, 1.54) is 0 Å². The topological polar surface area (TPSA) is 74.8 Å². The Morgan fingerprint density at radius 3 is 2.37 bits per heavy atom. The van der Waals surface area contributed by atoms with Crippen molar-refractivity contribution in [3.8, 4) is 0 Å². The third-order valence-electron chi connectivity index (χ3n) is 2.74. The standard InChI is InChI=1S/C13H26N4O2/c1-12(2,3)17-10(18)6-15-11(14-5)16-7-13(4)8-19-9-13/h6-9H2,1-5H3,(H,17,18)(H2,14,15,16). The molecule has 0 atom stereocenters. The van der Waals surface area contributed by atoms with Gasteiger partial charge in [0, 0.05) is 24.5 Å². The molecule has 1 fully saturated rings. The Hall–Kier alpha value is -1.30. The molecule has 0 saturated carbocycles. The lowest BCUT2D eigenvalue weighted by Crippen LogP contribution is -2.52. The summed E-state index contributed by atoms with van der Waals surface area (Å²) in [6.07, 6.45) is 0. The van der Waals surface area contributed by atoms with E-state index in [4.69, 9.17) is 4.74 Å². The maximum absolute atomic E-state index is 11.7. The van der Waals surface area contributed by atoms with Crippen molar-refractivity contribution in [3.63, 3.8) is 0 Å². The van der Waals surface area contributed by atoms with Gasteiger partial charge in [0.15, 0.2) is 5.96 Å². The van der Waals surface area contributed by atoms with Gasteiger partial charge in [-0.25, -0.2) is 0 Å². The van der Waals surface area contributed by atoms with Crippen molar-refractivity contribution >= 4 is 11.9 Å². The molecule has 0 unspecified atom stereocenters. The van der Waals surface area contributed by atoms with Crippen LogP contribution in [0.5, 0.6) is 0 Å². The zero-order valence-electron chi connectivity index (χ0n) is 12.6. The van der Waals surface area contributed by atoms with Crippen molar-refractivity contribution in [2.45, 2.75) is 33.2 Å². The maximum atomic E-state index is 11.7. The molecule has 0 aromatic heterocycles. The molecule has 1 aliphatic heterocycles. The average Bonchev–Trinajstić information content (AvgIpc) is 2.24. The maximum Gasteiger partial charge on any atom is 0.239 e. The van der Waals surface area contributed by atoms with E-state index in [-0.39, 0.29) is 23.4 Å². The van der Waals surface area contributed by atoms with Crippen LogP contribution in [0.15, 0.2) is 4.99 Å². The van der Waals surface area contributed by atoms with Gasteiger partial charge < -0.3 is 20.7 Å². The Morgan fingerprint density at radius 1 is 1.32 bits per heavy atom. The molecule has 0 aliphatic carbocycles. The highest BCUT2D eigenvalue weighted by atomic mass is 16.5. The van der Waals surface area contributed by atoms with E-state index in [0.29, 0.717) is 5.96 Å². The summed E-state index contributed by atoms with van der Waals surface area (Å²) < 4.78 is 5.19. The number of hydrogen-bond acceptors (Lipinski definition) is 3. The van der Waals surface area contributed by atoms with Gasteiger partial charge in [0.2, 0.25) is 5.91 Å². The summed E-state index contributed by atoms with van der Waals surface area (Å²) in [5.74, 6) is 0.589. The zero-order valence-corrected chi connectivity index (χ0v) is 12.6. The molecule has 6 nitrogen and oxygen atoms in total. The molecule has 1 heterocycles. The van der Waals surface area contributed by atoms with Gasteiger partial charge in [-0.1, -0.05) is 6.92 Å². The zero-order chi connectivity index (χ0) is 14.5. The van der Waals surface area contributed by atoms with Crippen LogP contribution in [-0.2, 0) is 9.53 Å². The van der Waals surface area contributed by atoms with Crippen LogP contribution in [0, 0.1) is 5.41 Å². The van der Waals surface area contributed by atoms with Gasteiger partial charge in [-0.05, 0) is 20.8 Å². The third-order valence-corrected chi connectivity index (χ3v) is 2.74. The molecule has 1 amide bonds. The molecule has 0 aromatic carbocycles. The molecule has 0 aromatic rings. The summed E-state index contributed by atoms with van der Waals surface area (Å²) in [4.78, 5) is 15.8. The van der Waals surface area contributed by atoms with Gasteiger partial charge in [0.05, 0.1) is 19.8 Å². The number of ether oxygens (including phenoxy) is 1. The minimum Gasteiger partial charge on any atom is -0.380 e.